The molecule has 0 heterocycles. The highest BCUT2D eigenvalue weighted by atomic mass is 16.3. The van der Waals surface area contributed by atoms with Gasteiger partial charge in [0.2, 0.25) is 0 Å². The van der Waals surface area contributed by atoms with Crippen LogP contribution in [-0.2, 0) is 0 Å². The molecule has 0 bridgehead atoms. The Kier molecular flexibility index (Phi) is 3.80. The van der Waals surface area contributed by atoms with Crippen molar-refractivity contribution in [3.63, 3.8) is 0 Å². The second-order valence-electron chi connectivity index (χ2n) is 3.97. The van der Waals surface area contributed by atoms with Crippen molar-refractivity contribution >= 4 is 0 Å². The maximum atomic E-state index is 10.1. The summed E-state index contributed by atoms with van der Waals surface area (Å²) < 4.78 is 0. The van der Waals surface area contributed by atoms with Gasteiger partial charge in [0, 0.05) is 0 Å². The standard InChI is InChI=1S/C11H20O/c1-2-3-5-8-11(12)9-6-4-7-10-11/h2,12H,1,3-10H2. The van der Waals surface area contributed by atoms with Gasteiger partial charge in [0.25, 0.3) is 0 Å². The summed E-state index contributed by atoms with van der Waals surface area (Å²) in [6.07, 6.45) is 10.8. The number of allylic oxidation sites excluding steroid dienone is 1. The first-order valence-corrected chi connectivity index (χ1v) is 5.10. The highest BCUT2D eigenvalue weighted by Gasteiger charge is 2.27. The lowest BCUT2D eigenvalue weighted by Crippen LogP contribution is -2.30. The van der Waals surface area contributed by atoms with E-state index in [4.69, 9.17) is 0 Å². The van der Waals surface area contributed by atoms with Crippen molar-refractivity contribution in [2.75, 3.05) is 0 Å². The minimum atomic E-state index is -0.318. The lowest BCUT2D eigenvalue weighted by molar-refractivity contribution is -0.00512. The van der Waals surface area contributed by atoms with Crippen molar-refractivity contribution in [3.8, 4) is 0 Å². The Labute approximate surface area is 75.5 Å². The monoisotopic (exact) mass is 168 g/mol. The van der Waals surface area contributed by atoms with Crippen LogP contribution in [0.3, 0.4) is 0 Å². The molecule has 1 aliphatic carbocycles. The van der Waals surface area contributed by atoms with Gasteiger partial charge in [-0.2, -0.15) is 0 Å². The fourth-order valence-electron chi connectivity index (χ4n) is 2.04. The predicted octanol–water partition coefficient (Wildman–Crippen LogP) is 3.04. The van der Waals surface area contributed by atoms with E-state index >= 15 is 0 Å². The highest BCUT2D eigenvalue weighted by molar-refractivity contribution is 4.82. The van der Waals surface area contributed by atoms with E-state index in [9.17, 15) is 5.11 Å². The zero-order valence-corrected chi connectivity index (χ0v) is 7.89. The first-order valence-electron chi connectivity index (χ1n) is 5.10. The molecule has 0 aliphatic heterocycles. The van der Waals surface area contributed by atoms with Crippen LogP contribution in [0.1, 0.15) is 51.4 Å². The van der Waals surface area contributed by atoms with Crippen molar-refractivity contribution in [3.05, 3.63) is 12.7 Å². The average molecular weight is 168 g/mol. The summed E-state index contributed by atoms with van der Waals surface area (Å²) in [4.78, 5) is 0. The molecule has 0 amide bonds. The van der Waals surface area contributed by atoms with Crippen LogP contribution in [0, 0.1) is 0 Å². The SMILES string of the molecule is C=CCCCC1(O)CCCCC1. The lowest BCUT2D eigenvalue weighted by atomic mass is 9.81. The summed E-state index contributed by atoms with van der Waals surface area (Å²) in [5.74, 6) is 0. The van der Waals surface area contributed by atoms with Crippen LogP contribution in [0.2, 0.25) is 0 Å². The molecule has 1 aliphatic rings. The molecule has 1 rings (SSSR count). The number of hydrogen-bond donors (Lipinski definition) is 1. The molecule has 1 N–H and O–H groups in total. The Morgan fingerprint density at radius 1 is 1.25 bits per heavy atom. The molecule has 0 spiro atoms. The average Bonchev–Trinajstić information content (AvgIpc) is 2.06. The van der Waals surface area contributed by atoms with Gasteiger partial charge in [-0.15, -0.1) is 6.58 Å². The Morgan fingerprint density at radius 3 is 2.50 bits per heavy atom. The molecule has 0 atom stereocenters. The summed E-state index contributed by atoms with van der Waals surface area (Å²) in [6, 6.07) is 0. The zero-order chi connectivity index (χ0) is 8.86. The van der Waals surface area contributed by atoms with Crippen molar-refractivity contribution in [2.45, 2.75) is 57.0 Å². The fraction of sp³-hybridized carbons (Fsp3) is 0.818. The molecule has 0 aromatic rings. The minimum Gasteiger partial charge on any atom is -0.390 e. The van der Waals surface area contributed by atoms with Gasteiger partial charge in [-0.1, -0.05) is 25.3 Å². The maximum absolute atomic E-state index is 10.1. The fourth-order valence-corrected chi connectivity index (χ4v) is 2.04. The summed E-state index contributed by atoms with van der Waals surface area (Å²) in [6.45, 7) is 3.68. The summed E-state index contributed by atoms with van der Waals surface area (Å²) in [5.41, 5.74) is -0.318. The highest BCUT2D eigenvalue weighted by Crippen LogP contribution is 2.31. The van der Waals surface area contributed by atoms with Crippen LogP contribution < -0.4 is 0 Å². The first-order chi connectivity index (χ1) is 5.77. The topological polar surface area (TPSA) is 20.2 Å². The van der Waals surface area contributed by atoms with Crippen molar-refractivity contribution in [2.24, 2.45) is 0 Å². The van der Waals surface area contributed by atoms with Gasteiger partial charge in [-0.3, -0.25) is 0 Å². The Balaban J connectivity index is 2.21. The number of aliphatic hydroxyl groups is 1. The van der Waals surface area contributed by atoms with Gasteiger partial charge in [0.15, 0.2) is 0 Å². The molecule has 0 radical (unpaired) electrons. The van der Waals surface area contributed by atoms with Crippen LogP contribution in [0.25, 0.3) is 0 Å². The number of hydrogen-bond acceptors (Lipinski definition) is 1. The molecule has 70 valence electrons. The number of rotatable bonds is 4. The Hall–Kier alpha value is -0.300. The van der Waals surface area contributed by atoms with E-state index in [1.807, 2.05) is 6.08 Å². The van der Waals surface area contributed by atoms with E-state index < -0.39 is 0 Å². The van der Waals surface area contributed by atoms with Gasteiger partial charge in [-0.05, 0) is 32.1 Å². The van der Waals surface area contributed by atoms with Gasteiger partial charge in [0.05, 0.1) is 5.60 Å². The van der Waals surface area contributed by atoms with Crippen LogP contribution >= 0.6 is 0 Å². The summed E-state index contributed by atoms with van der Waals surface area (Å²) in [7, 11) is 0. The van der Waals surface area contributed by atoms with Gasteiger partial charge < -0.3 is 5.11 Å². The van der Waals surface area contributed by atoms with E-state index in [0.717, 1.165) is 32.1 Å². The van der Waals surface area contributed by atoms with E-state index in [1.165, 1.54) is 19.3 Å². The third-order valence-electron chi connectivity index (χ3n) is 2.83. The van der Waals surface area contributed by atoms with Crippen LogP contribution in [0.15, 0.2) is 12.7 Å². The Morgan fingerprint density at radius 2 is 1.92 bits per heavy atom. The van der Waals surface area contributed by atoms with Crippen LogP contribution in [-0.4, -0.2) is 10.7 Å². The molecule has 1 nitrogen and oxygen atoms in total. The van der Waals surface area contributed by atoms with E-state index in [2.05, 4.69) is 6.58 Å². The second-order valence-corrected chi connectivity index (χ2v) is 3.97. The van der Waals surface area contributed by atoms with Crippen molar-refractivity contribution in [1.29, 1.82) is 0 Å². The third-order valence-corrected chi connectivity index (χ3v) is 2.83. The predicted molar refractivity (Wildman–Crippen MR) is 52.1 cm³/mol. The summed E-state index contributed by atoms with van der Waals surface area (Å²) in [5, 5.41) is 10.1. The molecule has 1 fully saturated rings. The molecule has 0 aromatic carbocycles. The van der Waals surface area contributed by atoms with Crippen LogP contribution in [0.4, 0.5) is 0 Å². The smallest absolute Gasteiger partial charge is 0.0648 e. The van der Waals surface area contributed by atoms with Crippen molar-refractivity contribution < 1.29 is 5.11 Å². The third kappa shape index (κ3) is 2.98. The Bertz CT molecular complexity index is 134. The van der Waals surface area contributed by atoms with E-state index in [-0.39, 0.29) is 5.60 Å². The quantitative estimate of drug-likeness (QED) is 0.505. The normalized spacial score (nSPS) is 22.1. The molecule has 0 unspecified atom stereocenters. The van der Waals surface area contributed by atoms with E-state index in [1.54, 1.807) is 0 Å². The molecule has 12 heavy (non-hydrogen) atoms. The molecule has 0 saturated heterocycles. The summed E-state index contributed by atoms with van der Waals surface area (Å²) >= 11 is 0. The first kappa shape index (κ1) is 9.79. The van der Waals surface area contributed by atoms with Crippen LogP contribution in [0.5, 0.6) is 0 Å². The second kappa shape index (κ2) is 4.66. The van der Waals surface area contributed by atoms with E-state index in [0.29, 0.717) is 0 Å². The molecular weight excluding hydrogens is 148 g/mol. The molecule has 1 saturated carbocycles. The minimum absolute atomic E-state index is 0.318. The van der Waals surface area contributed by atoms with Gasteiger partial charge in [0.1, 0.15) is 0 Å². The van der Waals surface area contributed by atoms with Crippen molar-refractivity contribution in [1.82, 2.24) is 0 Å². The molecule has 1 heteroatoms. The zero-order valence-electron chi connectivity index (χ0n) is 7.89. The number of unbranched alkanes of at least 4 members (excludes halogenated alkanes) is 1. The largest absolute Gasteiger partial charge is 0.390 e. The molecular formula is C11H20O. The van der Waals surface area contributed by atoms with Gasteiger partial charge in [-0.25, -0.2) is 0 Å². The molecule has 0 aromatic heterocycles. The van der Waals surface area contributed by atoms with Gasteiger partial charge >= 0.3 is 0 Å². The lowest BCUT2D eigenvalue weighted by Gasteiger charge is -2.31. The maximum Gasteiger partial charge on any atom is 0.0648 e.